The number of hydrogen-bond acceptors (Lipinski definition) is 3. The van der Waals surface area contributed by atoms with E-state index in [1.165, 1.54) is 11.0 Å². The lowest BCUT2D eigenvalue weighted by molar-refractivity contribution is -0.130. The van der Waals surface area contributed by atoms with Gasteiger partial charge in [0.1, 0.15) is 0 Å². The topological polar surface area (TPSA) is 40.5 Å². The minimum absolute atomic E-state index is 0.0875. The maximum atomic E-state index is 11.3. The summed E-state index contributed by atoms with van der Waals surface area (Å²) in [5.74, 6) is 5.64. The SMILES string of the molecule is CN(C)C(=O)CC(O)C=CC#Cc1cccs1. The smallest absolute Gasteiger partial charge is 0.224 e. The highest BCUT2D eigenvalue weighted by Crippen LogP contribution is 2.05. The molecular formula is C13H15NO2S. The second kappa shape index (κ2) is 6.89. The van der Waals surface area contributed by atoms with Crippen LogP contribution < -0.4 is 0 Å². The number of thiophene rings is 1. The second-order valence-corrected chi connectivity index (χ2v) is 4.61. The molecule has 0 bridgehead atoms. The van der Waals surface area contributed by atoms with Crippen LogP contribution in [0.5, 0.6) is 0 Å². The maximum absolute atomic E-state index is 11.3. The number of carbonyl (C=O) groups excluding carboxylic acids is 1. The summed E-state index contributed by atoms with van der Waals surface area (Å²) in [6.45, 7) is 0. The summed E-state index contributed by atoms with van der Waals surface area (Å²) in [5, 5.41) is 11.5. The second-order valence-electron chi connectivity index (χ2n) is 3.67. The fourth-order valence-electron chi connectivity index (χ4n) is 1.05. The van der Waals surface area contributed by atoms with Crippen LogP contribution in [0.2, 0.25) is 0 Å². The van der Waals surface area contributed by atoms with Crippen LogP contribution in [0.1, 0.15) is 11.3 Å². The maximum Gasteiger partial charge on any atom is 0.224 e. The Morgan fingerprint density at radius 3 is 3.00 bits per heavy atom. The normalized spacial score (nSPS) is 11.9. The van der Waals surface area contributed by atoms with Crippen molar-refractivity contribution >= 4 is 17.2 Å². The molecule has 0 aliphatic heterocycles. The van der Waals surface area contributed by atoms with Crippen molar-refractivity contribution in [3.63, 3.8) is 0 Å². The highest BCUT2D eigenvalue weighted by Gasteiger charge is 2.08. The van der Waals surface area contributed by atoms with Gasteiger partial charge in [-0.05, 0) is 23.6 Å². The Labute approximate surface area is 105 Å². The van der Waals surface area contributed by atoms with E-state index in [1.54, 1.807) is 31.5 Å². The van der Waals surface area contributed by atoms with Crippen molar-refractivity contribution in [2.24, 2.45) is 0 Å². The van der Waals surface area contributed by atoms with Gasteiger partial charge < -0.3 is 10.0 Å². The average Bonchev–Trinajstić information content (AvgIpc) is 2.77. The van der Waals surface area contributed by atoms with Crippen molar-refractivity contribution < 1.29 is 9.90 Å². The van der Waals surface area contributed by atoms with Gasteiger partial charge in [0.05, 0.1) is 17.4 Å². The minimum atomic E-state index is -0.775. The Bertz CT molecular complexity index is 438. The summed E-state index contributed by atoms with van der Waals surface area (Å²) < 4.78 is 0. The summed E-state index contributed by atoms with van der Waals surface area (Å²) in [5.41, 5.74) is 0. The molecule has 0 radical (unpaired) electrons. The summed E-state index contributed by atoms with van der Waals surface area (Å²) >= 11 is 1.57. The van der Waals surface area contributed by atoms with E-state index in [1.807, 2.05) is 17.5 Å². The lowest BCUT2D eigenvalue weighted by Gasteiger charge is -2.11. The third-order valence-electron chi connectivity index (χ3n) is 2.00. The molecule has 4 heteroatoms. The van der Waals surface area contributed by atoms with Gasteiger partial charge in [0.25, 0.3) is 0 Å². The van der Waals surface area contributed by atoms with Crippen molar-refractivity contribution in [2.75, 3.05) is 14.1 Å². The largest absolute Gasteiger partial charge is 0.388 e. The highest BCUT2D eigenvalue weighted by molar-refractivity contribution is 7.10. The first-order valence-electron chi connectivity index (χ1n) is 5.19. The van der Waals surface area contributed by atoms with Crippen LogP contribution >= 0.6 is 11.3 Å². The number of carbonyl (C=O) groups is 1. The number of allylic oxidation sites excluding steroid dienone is 1. The molecule has 1 aromatic heterocycles. The summed E-state index contributed by atoms with van der Waals surface area (Å²) in [4.78, 5) is 13.7. The third kappa shape index (κ3) is 5.34. The van der Waals surface area contributed by atoms with Gasteiger partial charge in [0.2, 0.25) is 5.91 Å². The number of nitrogens with zero attached hydrogens (tertiary/aromatic N) is 1. The van der Waals surface area contributed by atoms with Gasteiger partial charge in [-0.2, -0.15) is 0 Å². The zero-order chi connectivity index (χ0) is 12.7. The van der Waals surface area contributed by atoms with Gasteiger partial charge in [-0.1, -0.05) is 17.9 Å². The Balaban J connectivity index is 2.41. The Kier molecular flexibility index (Phi) is 5.47. The van der Waals surface area contributed by atoms with Crippen molar-refractivity contribution in [1.82, 2.24) is 4.90 Å². The van der Waals surface area contributed by atoms with Gasteiger partial charge in [-0.3, -0.25) is 4.79 Å². The standard InChI is InChI=1S/C13H15NO2S/c1-14(2)13(16)10-11(15)6-3-4-7-12-8-5-9-17-12/h3,5-6,8-9,11,15H,10H2,1-2H3. The van der Waals surface area contributed by atoms with Crippen LogP contribution in [0, 0.1) is 11.8 Å². The van der Waals surface area contributed by atoms with Crippen LogP contribution in [0.4, 0.5) is 0 Å². The van der Waals surface area contributed by atoms with Crippen molar-refractivity contribution in [3.05, 3.63) is 34.5 Å². The summed E-state index contributed by atoms with van der Waals surface area (Å²) in [6, 6.07) is 3.86. The predicted molar refractivity (Wildman–Crippen MR) is 69.7 cm³/mol. The molecule has 1 unspecified atom stereocenters. The van der Waals surface area contributed by atoms with Crippen LogP contribution in [0.15, 0.2) is 29.7 Å². The molecule has 1 aromatic rings. The van der Waals surface area contributed by atoms with Crippen LogP contribution in [0.25, 0.3) is 0 Å². The highest BCUT2D eigenvalue weighted by atomic mass is 32.1. The molecule has 0 fully saturated rings. The predicted octanol–water partition coefficient (Wildman–Crippen LogP) is 1.49. The number of aliphatic hydroxyl groups is 1. The van der Waals surface area contributed by atoms with E-state index in [4.69, 9.17) is 0 Å². The van der Waals surface area contributed by atoms with Crippen LogP contribution in [0.3, 0.4) is 0 Å². The Morgan fingerprint density at radius 1 is 1.65 bits per heavy atom. The molecule has 1 heterocycles. The minimum Gasteiger partial charge on any atom is -0.388 e. The van der Waals surface area contributed by atoms with Gasteiger partial charge in [0.15, 0.2) is 0 Å². The van der Waals surface area contributed by atoms with E-state index in [9.17, 15) is 9.90 Å². The molecule has 0 aliphatic rings. The molecule has 0 saturated heterocycles. The summed E-state index contributed by atoms with van der Waals surface area (Å²) in [6.07, 6.45) is 2.42. The lowest BCUT2D eigenvalue weighted by Crippen LogP contribution is -2.25. The zero-order valence-electron chi connectivity index (χ0n) is 9.88. The lowest BCUT2D eigenvalue weighted by atomic mass is 10.2. The van der Waals surface area contributed by atoms with E-state index in [-0.39, 0.29) is 12.3 Å². The first-order chi connectivity index (χ1) is 8.09. The Morgan fingerprint density at radius 2 is 2.41 bits per heavy atom. The fraction of sp³-hybridized carbons (Fsp3) is 0.308. The molecule has 90 valence electrons. The van der Waals surface area contributed by atoms with Crippen molar-refractivity contribution in [2.45, 2.75) is 12.5 Å². The zero-order valence-corrected chi connectivity index (χ0v) is 10.7. The number of amides is 1. The van der Waals surface area contributed by atoms with Gasteiger partial charge in [-0.15, -0.1) is 11.3 Å². The van der Waals surface area contributed by atoms with Crippen molar-refractivity contribution in [1.29, 1.82) is 0 Å². The molecule has 1 N–H and O–H groups in total. The molecule has 1 amide bonds. The molecule has 0 aliphatic carbocycles. The van der Waals surface area contributed by atoms with Gasteiger partial charge in [0, 0.05) is 14.1 Å². The number of aliphatic hydroxyl groups excluding tert-OH is 1. The molecule has 3 nitrogen and oxygen atoms in total. The fourth-order valence-corrected chi connectivity index (χ4v) is 1.63. The van der Waals surface area contributed by atoms with Gasteiger partial charge >= 0.3 is 0 Å². The number of rotatable bonds is 3. The monoisotopic (exact) mass is 249 g/mol. The van der Waals surface area contributed by atoms with Gasteiger partial charge in [-0.25, -0.2) is 0 Å². The van der Waals surface area contributed by atoms with E-state index < -0.39 is 6.10 Å². The molecule has 1 atom stereocenters. The quantitative estimate of drug-likeness (QED) is 0.825. The van der Waals surface area contributed by atoms with E-state index >= 15 is 0 Å². The Hall–Kier alpha value is -1.57. The average molecular weight is 249 g/mol. The first kappa shape index (κ1) is 13.5. The van der Waals surface area contributed by atoms with Crippen LogP contribution in [-0.4, -0.2) is 36.1 Å². The molecular weight excluding hydrogens is 234 g/mol. The summed E-state index contributed by atoms with van der Waals surface area (Å²) in [7, 11) is 3.32. The van der Waals surface area contributed by atoms with Crippen LogP contribution in [-0.2, 0) is 4.79 Å². The molecule has 17 heavy (non-hydrogen) atoms. The third-order valence-corrected chi connectivity index (χ3v) is 2.79. The number of hydrogen-bond donors (Lipinski definition) is 1. The van der Waals surface area contributed by atoms with E-state index in [2.05, 4.69) is 11.8 Å². The molecule has 0 spiro atoms. The molecule has 0 aromatic carbocycles. The first-order valence-corrected chi connectivity index (χ1v) is 6.07. The molecule has 1 rings (SSSR count). The van der Waals surface area contributed by atoms with E-state index in [0.29, 0.717) is 0 Å². The van der Waals surface area contributed by atoms with E-state index in [0.717, 1.165) is 4.88 Å². The molecule has 0 saturated carbocycles. The van der Waals surface area contributed by atoms with Crippen molar-refractivity contribution in [3.8, 4) is 11.8 Å².